The van der Waals surface area contributed by atoms with Crippen LogP contribution in [0, 0.1) is 10.1 Å². The van der Waals surface area contributed by atoms with Gasteiger partial charge in [-0.15, -0.1) is 0 Å². The van der Waals surface area contributed by atoms with Gasteiger partial charge in [0.15, 0.2) is 0 Å². The summed E-state index contributed by atoms with van der Waals surface area (Å²) in [5, 5.41) is 14.0. The molecule has 1 fully saturated rings. The van der Waals surface area contributed by atoms with E-state index in [1.807, 2.05) is 4.90 Å². The Kier molecular flexibility index (Phi) is 5.71. The Balaban J connectivity index is 2.11. The van der Waals surface area contributed by atoms with Crippen molar-refractivity contribution < 1.29 is 14.5 Å². The quantitative estimate of drug-likeness (QED) is 0.473. The van der Waals surface area contributed by atoms with Crippen molar-refractivity contribution in [1.82, 2.24) is 5.32 Å². The summed E-state index contributed by atoms with van der Waals surface area (Å²) in [5.41, 5.74) is 0.900. The molecule has 0 unspecified atom stereocenters. The van der Waals surface area contributed by atoms with Gasteiger partial charge in [-0.1, -0.05) is 0 Å². The van der Waals surface area contributed by atoms with Crippen molar-refractivity contribution in [3.63, 3.8) is 0 Å². The predicted molar refractivity (Wildman–Crippen MR) is 83.4 cm³/mol. The van der Waals surface area contributed by atoms with Gasteiger partial charge in [-0.2, -0.15) is 0 Å². The van der Waals surface area contributed by atoms with E-state index in [1.165, 1.54) is 6.07 Å². The molecular formula is C15H21N3O4. The van der Waals surface area contributed by atoms with Crippen molar-refractivity contribution in [2.75, 3.05) is 38.3 Å². The molecule has 7 nitrogen and oxygen atoms in total. The van der Waals surface area contributed by atoms with E-state index < -0.39 is 4.92 Å². The second kappa shape index (κ2) is 7.74. The van der Waals surface area contributed by atoms with Crippen LogP contribution in [0.2, 0.25) is 0 Å². The summed E-state index contributed by atoms with van der Waals surface area (Å²) >= 11 is 0. The topological polar surface area (TPSA) is 84.7 Å². The Hall–Kier alpha value is -2.15. The Morgan fingerprint density at radius 1 is 1.41 bits per heavy atom. The molecule has 120 valence electrons. The van der Waals surface area contributed by atoms with Crippen LogP contribution < -0.4 is 10.2 Å². The molecule has 0 aromatic heterocycles. The van der Waals surface area contributed by atoms with E-state index in [4.69, 9.17) is 4.74 Å². The van der Waals surface area contributed by atoms with E-state index in [1.54, 1.807) is 19.2 Å². The number of hydrogen-bond acceptors (Lipinski definition) is 5. The van der Waals surface area contributed by atoms with E-state index in [0.29, 0.717) is 30.8 Å². The summed E-state index contributed by atoms with van der Waals surface area (Å²) < 4.78 is 4.91. The lowest BCUT2D eigenvalue weighted by Gasteiger charge is -2.17. The van der Waals surface area contributed by atoms with E-state index in [0.717, 1.165) is 25.9 Å². The highest BCUT2D eigenvalue weighted by Gasteiger charge is 2.23. The number of nitrogens with zero attached hydrogens (tertiary/aromatic N) is 2. The van der Waals surface area contributed by atoms with Gasteiger partial charge in [0.25, 0.3) is 11.6 Å². The molecule has 7 heteroatoms. The van der Waals surface area contributed by atoms with Gasteiger partial charge < -0.3 is 15.0 Å². The highest BCUT2D eigenvalue weighted by atomic mass is 16.6. The van der Waals surface area contributed by atoms with Crippen LogP contribution in [-0.4, -0.2) is 44.2 Å². The number of nitro groups is 1. The number of nitro benzene ring substituents is 1. The first-order chi connectivity index (χ1) is 10.6. The third kappa shape index (κ3) is 3.94. The molecule has 0 spiro atoms. The Morgan fingerprint density at radius 2 is 2.14 bits per heavy atom. The van der Waals surface area contributed by atoms with Gasteiger partial charge in [-0.05, 0) is 31.4 Å². The fourth-order valence-electron chi connectivity index (χ4n) is 2.56. The van der Waals surface area contributed by atoms with Crippen molar-refractivity contribution in [3.05, 3.63) is 33.9 Å². The lowest BCUT2D eigenvalue weighted by atomic mass is 10.1. The molecule has 2 rings (SSSR count). The average molecular weight is 307 g/mol. The third-order valence-electron chi connectivity index (χ3n) is 3.69. The van der Waals surface area contributed by atoms with Crippen LogP contribution in [0.25, 0.3) is 0 Å². The summed E-state index contributed by atoms with van der Waals surface area (Å²) in [5.74, 6) is -0.299. The molecule has 1 aliphatic heterocycles. The molecule has 1 saturated heterocycles. The zero-order chi connectivity index (χ0) is 15.9. The smallest absolute Gasteiger partial charge is 0.293 e. The molecule has 1 N–H and O–H groups in total. The summed E-state index contributed by atoms with van der Waals surface area (Å²) in [4.78, 5) is 24.9. The lowest BCUT2D eigenvalue weighted by Crippen LogP contribution is -2.25. The van der Waals surface area contributed by atoms with Gasteiger partial charge in [0.05, 0.1) is 4.92 Å². The van der Waals surface area contributed by atoms with Gasteiger partial charge in [-0.3, -0.25) is 14.9 Å². The van der Waals surface area contributed by atoms with E-state index in [2.05, 4.69) is 5.32 Å². The number of ether oxygens (including phenoxy) is 1. The number of methoxy groups -OCH3 is 1. The molecule has 0 saturated carbocycles. The van der Waals surface area contributed by atoms with Crippen LogP contribution in [0.5, 0.6) is 0 Å². The highest BCUT2D eigenvalue weighted by Crippen LogP contribution is 2.31. The van der Waals surface area contributed by atoms with E-state index in [-0.39, 0.29) is 11.6 Å². The van der Waals surface area contributed by atoms with E-state index in [9.17, 15) is 14.9 Å². The lowest BCUT2D eigenvalue weighted by molar-refractivity contribution is -0.384. The van der Waals surface area contributed by atoms with Crippen LogP contribution >= 0.6 is 0 Å². The van der Waals surface area contributed by atoms with Crippen LogP contribution in [0.4, 0.5) is 11.4 Å². The number of amides is 1. The standard InChI is InChI=1S/C15H21N3O4/c1-22-10-4-7-16-15(19)12-5-6-13(14(11-12)18(20)21)17-8-2-3-9-17/h5-6,11H,2-4,7-10H2,1H3,(H,16,19). The number of carbonyl (C=O) groups excluding carboxylic acids is 1. The molecule has 1 heterocycles. The van der Waals surface area contributed by atoms with Gasteiger partial charge in [-0.25, -0.2) is 0 Å². The predicted octanol–water partition coefficient (Wildman–Crippen LogP) is 1.96. The minimum atomic E-state index is -0.421. The molecule has 0 atom stereocenters. The Labute approximate surface area is 129 Å². The summed E-state index contributed by atoms with van der Waals surface area (Å²) in [6, 6.07) is 4.68. The molecule has 1 aromatic rings. The molecule has 0 radical (unpaired) electrons. The molecule has 22 heavy (non-hydrogen) atoms. The van der Waals surface area contributed by atoms with Crippen molar-refractivity contribution in [2.45, 2.75) is 19.3 Å². The molecule has 1 amide bonds. The van der Waals surface area contributed by atoms with Gasteiger partial charge in [0.1, 0.15) is 5.69 Å². The molecular weight excluding hydrogens is 286 g/mol. The minimum absolute atomic E-state index is 0.00792. The zero-order valence-corrected chi connectivity index (χ0v) is 12.7. The summed E-state index contributed by atoms with van der Waals surface area (Å²) in [7, 11) is 1.60. The monoisotopic (exact) mass is 307 g/mol. The average Bonchev–Trinajstić information content (AvgIpc) is 3.05. The maximum Gasteiger partial charge on any atom is 0.293 e. The number of rotatable bonds is 7. The Morgan fingerprint density at radius 3 is 2.77 bits per heavy atom. The first kappa shape index (κ1) is 16.2. The Bertz CT molecular complexity index is 542. The van der Waals surface area contributed by atoms with Crippen LogP contribution in [-0.2, 0) is 4.74 Å². The molecule has 1 aromatic carbocycles. The number of nitrogens with one attached hydrogen (secondary N) is 1. The second-order valence-electron chi connectivity index (χ2n) is 5.26. The third-order valence-corrected chi connectivity index (χ3v) is 3.69. The minimum Gasteiger partial charge on any atom is -0.385 e. The number of hydrogen-bond donors (Lipinski definition) is 1. The van der Waals surface area contributed by atoms with Crippen molar-refractivity contribution >= 4 is 17.3 Å². The van der Waals surface area contributed by atoms with Gasteiger partial charge in [0, 0.05) is 45.0 Å². The van der Waals surface area contributed by atoms with Crippen molar-refractivity contribution in [2.24, 2.45) is 0 Å². The summed E-state index contributed by atoms with van der Waals surface area (Å²) in [6.45, 7) is 2.69. The SMILES string of the molecule is COCCCNC(=O)c1ccc(N2CCCC2)c([N+](=O)[O-])c1. The van der Waals surface area contributed by atoms with Crippen LogP contribution in [0.1, 0.15) is 29.6 Å². The number of anilines is 1. The van der Waals surface area contributed by atoms with E-state index >= 15 is 0 Å². The van der Waals surface area contributed by atoms with Crippen LogP contribution in [0.3, 0.4) is 0 Å². The van der Waals surface area contributed by atoms with Crippen molar-refractivity contribution in [3.8, 4) is 0 Å². The fourth-order valence-corrected chi connectivity index (χ4v) is 2.56. The first-order valence-electron chi connectivity index (χ1n) is 7.44. The molecule has 0 bridgehead atoms. The molecule has 0 aliphatic carbocycles. The molecule has 1 aliphatic rings. The number of benzene rings is 1. The normalized spacial score (nSPS) is 14.1. The van der Waals surface area contributed by atoms with Crippen LogP contribution in [0.15, 0.2) is 18.2 Å². The maximum absolute atomic E-state index is 12.0. The van der Waals surface area contributed by atoms with Gasteiger partial charge >= 0.3 is 0 Å². The first-order valence-corrected chi connectivity index (χ1v) is 7.44. The second-order valence-corrected chi connectivity index (χ2v) is 5.26. The summed E-state index contributed by atoms with van der Waals surface area (Å²) in [6.07, 6.45) is 2.79. The van der Waals surface area contributed by atoms with Crippen molar-refractivity contribution in [1.29, 1.82) is 0 Å². The zero-order valence-electron chi connectivity index (χ0n) is 12.7. The maximum atomic E-state index is 12.0. The highest BCUT2D eigenvalue weighted by molar-refractivity contribution is 5.95. The van der Waals surface area contributed by atoms with Gasteiger partial charge in [0.2, 0.25) is 0 Å². The fraction of sp³-hybridized carbons (Fsp3) is 0.533. The number of carbonyl (C=O) groups is 1. The largest absolute Gasteiger partial charge is 0.385 e.